The third-order valence-electron chi connectivity index (χ3n) is 1.98. The molecule has 0 bridgehead atoms. The smallest absolute Gasteiger partial charge is 0.330 e. The number of hydrogen-bond donors (Lipinski definition) is 4. The molecule has 2 amide bonds. The lowest BCUT2D eigenvalue weighted by atomic mass is 10.1. The average Bonchev–Trinajstić information content (AvgIpc) is 2.21. The highest BCUT2D eigenvalue weighted by Crippen LogP contribution is 2.02. The van der Waals surface area contributed by atoms with Crippen LogP contribution in [0.1, 0.15) is 26.7 Å². The van der Waals surface area contributed by atoms with Gasteiger partial charge in [0.1, 0.15) is 6.04 Å². The van der Waals surface area contributed by atoms with Gasteiger partial charge >= 0.3 is 5.97 Å². The molecule has 0 aliphatic heterocycles. The first-order valence-electron chi connectivity index (χ1n) is 5.46. The first kappa shape index (κ1) is 16.3. The Labute approximate surface area is 105 Å². The highest BCUT2D eigenvalue weighted by Gasteiger charge is 2.25. The molecular formula is C10H19N3O5. The van der Waals surface area contributed by atoms with E-state index >= 15 is 0 Å². The molecular weight excluding hydrogens is 242 g/mol. The van der Waals surface area contributed by atoms with Crippen molar-refractivity contribution < 1.29 is 24.2 Å². The second-order valence-corrected chi connectivity index (χ2v) is 3.89. The van der Waals surface area contributed by atoms with E-state index in [1.165, 1.54) is 13.8 Å². The lowest BCUT2D eigenvalue weighted by Gasteiger charge is -2.19. The second kappa shape index (κ2) is 7.62. The molecule has 0 radical (unpaired) electrons. The fourth-order valence-electron chi connectivity index (χ4n) is 1.09. The van der Waals surface area contributed by atoms with Crippen LogP contribution < -0.4 is 16.8 Å². The van der Waals surface area contributed by atoms with Crippen LogP contribution in [0.15, 0.2) is 0 Å². The first-order chi connectivity index (χ1) is 8.23. The van der Waals surface area contributed by atoms with E-state index in [-0.39, 0.29) is 12.8 Å². The van der Waals surface area contributed by atoms with Gasteiger partial charge in [0, 0.05) is 6.42 Å². The van der Waals surface area contributed by atoms with Crippen molar-refractivity contribution in [3.8, 4) is 0 Å². The molecule has 0 fully saturated rings. The van der Waals surface area contributed by atoms with Crippen molar-refractivity contribution in [3.05, 3.63) is 0 Å². The van der Waals surface area contributed by atoms with Gasteiger partial charge in [-0.1, -0.05) is 0 Å². The van der Waals surface area contributed by atoms with E-state index in [4.69, 9.17) is 16.6 Å². The molecule has 8 nitrogen and oxygen atoms in total. The summed E-state index contributed by atoms with van der Waals surface area (Å²) in [6, 6.07) is -1.87. The number of hydrogen-bond acceptors (Lipinski definition) is 6. The summed E-state index contributed by atoms with van der Waals surface area (Å²) >= 11 is 0. The van der Waals surface area contributed by atoms with Crippen LogP contribution in [0, 0.1) is 0 Å². The van der Waals surface area contributed by atoms with E-state index in [9.17, 15) is 14.4 Å². The van der Waals surface area contributed by atoms with Crippen molar-refractivity contribution in [2.75, 3.05) is 0 Å². The normalized spacial score (nSPS) is 15.3. The van der Waals surface area contributed by atoms with E-state index in [0.717, 1.165) is 0 Å². The zero-order valence-electron chi connectivity index (χ0n) is 10.4. The fraction of sp³-hybridized carbons (Fsp3) is 0.700. The van der Waals surface area contributed by atoms with Crippen molar-refractivity contribution >= 4 is 17.8 Å². The number of carbonyl (C=O) groups excluding carboxylic acids is 3. The Kier molecular flexibility index (Phi) is 6.91. The molecule has 0 aromatic rings. The summed E-state index contributed by atoms with van der Waals surface area (Å²) in [5.74, 6) is -2.02. The lowest BCUT2D eigenvalue weighted by molar-refractivity contribution is -0.168. The van der Waals surface area contributed by atoms with Crippen molar-refractivity contribution in [1.82, 2.24) is 5.32 Å². The number of carbonyl (C=O) groups is 3. The molecule has 18 heavy (non-hydrogen) atoms. The fourth-order valence-corrected chi connectivity index (χ4v) is 1.09. The van der Waals surface area contributed by atoms with E-state index in [0.29, 0.717) is 0 Å². The molecule has 0 aromatic heterocycles. The summed E-state index contributed by atoms with van der Waals surface area (Å²) in [4.78, 5) is 33.6. The largest absolute Gasteiger partial charge is 0.435 e. The van der Waals surface area contributed by atoms with Crippen molar-refractivity contribution in [3.63, 3.8) is 0 Å². The molecule has 8 heteroatoms. The monoisotopic (exact) mass is 261 g/mol. The third kappa shape index (κ3) is 6.81. The predicted octanol–water partition coefficient (Wildman–Crippen LogP) is -2.03. The van der Waals surface area contributed by atoms with Crippen LogP contribution in [0.25, 0.3) is 0 Å². The number of amides is 2. The van der Waals surface area contributed by atoms with Gasteiger partial charge < -0.3 is 26.6 Å². The Morgan fingerprint density at radius 1 is 1.33 bits per heavy atom. The zero-order valence-corrected chi connectivity index (χ0v) is 10.4. The molecule has 6 N–H and O–H groups in total. The average molecular weight is 261 g/mol. The minimum atomic E-state index is -1.30. The zero-order chi connectivity index (χ0) is 14.3. The van der Waals surface area contributed by atoms with E-state index in [1.807, 2.05) is 0 Å². The van der Waals surface area contributed by atoms with Gasteiger partial charge in [0.25, 0.3) is 0 Å². The summed E-state index contributed by atoms with van der Waals surface area (Å²) in [6.45, 7) is 2.69. The molecule has 0 saturated heterocycles. The molecule has 0 aliphatic rings. The highest BCUT2D eigenvalue weighted by atomic mass is 16.6. The Morgan fingerprint density at radius 2 is 1.89 bits per heavy atom. The van der Waals surface area contributed by atoms with Gasteiger partial charge in [-0.3, -0.25) is 9.59 Å². The lowest BCUT2D eigenvalue weighted by Crippen LogP contribution is -2.48. The molecule has 1 unspecified atom stereocenters. The van der Waals surface area contributed by atoms with E-state index in [1.54, 1.807) is 0 Å². The number of nitrogens with one attached hydrogen (secondary N) is 1. The van der Waals surface area contributed by atoms with Gasteiger partial charge in [0.05, 0.1) is 6.04 Å². The molecule has 0 aliphatic carbocycles. The minimum absolute atomic E-state index is 0.0145. The Bertz CT molecular complexity index is 317. The Morgan fingerprint density at radius 3 is 2.28 bits per heavy atom. The highest BCUT2D eigenvalue weighted by molar-refractivity contribution is 5.87. The minimum Gasteiger partial charge on any atom is -0.435 e. The maximum absolute atomic E-state index is 11.5. The van der Waals surface area contributed by atoms with Crippen molar-refractivity contribution in [1.29, 1.82) is 0 Å². The van der Waals surface area contributed by atoms with Crippen molar-refractivity contribution in [2.24, 2.45) is 11.5 Å². The molecule has 0 rings (SSSR count). The summed E-state index contributed by atoms with van der Waals surface area (Å²) in [5.41, 5.74) is 10.3. The topological polar surface area (TPSA) is 145 Å². The van der Waals surface area contributed by atoms with Crippen LogP contribution in [0.3, 0.4) is 0 Å². The number of nitrogens with two attached hydrogens (primary N) is 2. The summed E-state index contributed by atoms with van der Waals surface area (Å²) in [5, 5.41) is 11.2. The molecule has 104 valence electrons. The number of rotatable bonds is 7. The third-order valence-corrected chi connectivity index (χ3v) is 1.98. The number of primary amides is 1. The van der Waals surface area contributed by atoms with Crippen LogP contribution >= 0.6 is 0 Å². The van der Waals surface area contributed by atoms with Gasteiger partial charge in [-0.15, -0.1) is 0 Å². The van der Waals surface area contributed by atoms with Crippen LogP contribution in [-0.4, -0.2) is 41.3 Å². The van der Waals surface area contributed by atoms with Crippen LogP contribution in [-0.2, 0) is 19.1 Å². The maximum Gasteiger partial charge on any atom is 0.330 e. The Balaban J connectivity index is 4.55. The number of aliphatic hydroxyl groups is 1. The van der Waals surface area contributed by atoms with Gasteiger partial charge in [0.15, 0.2) is 6.29 Å². The molecule has 0 heterocycles. The predicted molar refractivity (Wildman–Crippen MR) is 61.8 cm³/mol. The second-order valence-electron chi connectivity index (χ2n) is 3.89. The summed E-state index contributed by atoms with van der Waals surface area (Å²) in [7, 11) is 0. The quantitative estimate of drug-likeness (QED) is 0.307. The molecule has 0 saturated carbocycles. The standard InChI is InChI=1S/C10H19N3O5/c1-5(11)9(16)13-7(3-4-8(12)15)10(17)18-6(2)14/h5-7,14H,3-4,11H2,1-2H3,(H2,12,15)(H,13,16)/t5-,6?,7-/m0/s1. The van der Waals surface area contributed by atoms with Crippen LogP contribution in [0.5, 0.6) is 0 Å². The van der Waals surface area contributed by atoms with Crippen LogP contribution in [0.4, 0.5) is 0 Å². The summed E-state index contributed by atoms with van der Waals surface area (Å²) < 4.78 is 4.53. The summed E-state index contributed by atoms with van der Waals surface area (Å²) in [6.07, 6.45) is -1.42. The van der Waals surface area contributed by atoms with Crippen molar-refractivity contribution in [2.45, 2.75) is 45.1 Å². The molecule has 0 aromatic carbocycles. The first-order valence-corrected chi connectivity index (χ1v) is 5.46. The van der Waals surface area contributed by atoms with Crippen LogP contribution in [0.2, 0.25) is 0 Å². The number of esters is 1. The number of ether oxygens (including phenoxy) is 1. The van der Waals surface area contributed by atoms with E-state index in [2.05, 4.69) is 10.1 Å². The SMILES string of the molecule is CC(O)OC(=O)[C@H](CCC(N)=O)NC(=O)[C@H](C)N. The Hall–Kier alpha value is -1.67. The van der Waals surface area contributed by atoms with Gasteiger partial charge in [-0.05, 0) is 20.3 Å². The molecule has 0 spiro atoms. The van der Waals surface area contributed by atoms with E-state index < -0.39 is 36.2 Å². The van der Waals surface area contributed by atoms with Gasteiger partial charge in [0.2, 0.25) is 11.8 Å². The molecule has 3 atom stereocenters. The maximum atomic E-state index is 11.5. The van der Waals surface area contributed by atoms with Gasteiger partial charge in [-0.2, -0.15) is 0 Å². The number of aliphatic hydroxyl groups excluding tert-OH is 1. The van der Waals surface area contributed by atoms with Gasteiger partial charge in [-0.25, -0.2) is 4.79 Å².